The monoisotopic (exact) mass is 253 g/mol. The van der Waals surface area contributed by atoms with Crippen LogP contribution in [0.25, 0.3) is 0 Å². The van der Waals surface area contributed by atoms with E-state index in [0.29, 0.717) is 4.86 Å². The Hall–Kier alpha value is -0.420. The fourth-order valence-corrected chi connectivity index (χ4v) is 2.15. The lowest BCUT2D eigenvalue weighted by atomic mass is 10.0. The summed E-state index contributed by atoms with van der Waals surface area (Å²) in [6.07, 6.45) is 15.6. The maximum atomic E-state index is 8.50. The minimum Gasteiger partial charge on any atom is -0.192 e. The molecule has 0 aromatic heterocycles. The molecule has 0 aliphatic rings. The molecule has 0 bridgehead atoms. The van der Waals surface area contributed by atoms with Gasteiger partial charge in [0.15, 0.2) is 0 Å². The zero-order valence-corrected chi connectivity index (χ0v) is 12.2. The molecule has 0 N–H and O–H groups in total. The van der Waals surface area contributed by atoms with Gasteiger partial charge in [0.25, 0.3) is 0 Å². The van der Waals surface area contributed by atoms with Crippen molar-refractivity contribution in [3.8, 4) is 6.07 Å². The second-order valence-electron chi connectivity index (χ2n) is 4.82. The fourth-order valence-electron chi connectivity index (χ4n) is 2.01. The van der Waals surface area contributed by atoms with Gasteiger partial charge in [-0.2, -0.15) is 5.26 Å². The number of hydrogen-bond acceptors (Lipinski definition) is 2. The lowest BCUT2D eigenvalue weighted by Gasteiger charge is -2.01. The van der Waals surface area contributed by atoms with Crippen molar-refractivity contribution in [3.63, 3.8) is 0 Å². The van der Waals surface area contributed by atoms with Gasteiger partial charge in [-0.05, 0) is 12.8 Å². The number of rotatable bonds is 12. The predicted octanol–water partition coefficient (Wildman–Crippen LogP) is 5.58. The summed E-state index contributed by atoms with van der Waals surface area (Å²) < 4.78 is 0. The highest BCUT2D eigenvalue weighted by Gasteiger charge is 1.95. The van der Waals surface area contributed by atoms with E-state index in [4.69, 9.17) is 17.5 Å². The molecule has 0 atom stereocenters. The number of nitrogens with zero attached hydrogens (tertiary/aromatic N) is 1. The molecule has 17 heavy (non-hydrogen) atoms. The van der Waals surface area contributed by atoms with Gasteiger partial charge >= 0.3 is 0 Å². The average Bonchev–Trinajstić information content (AvgIpc) is 2.35. The molecule has 98 valence electrons. The van der Waals surface area contributed by atoms with Crippen molar-refractivity contribution in [2.24, 2.45) is 0 Å². The number of nitriles is 1. The summed E-state index contributed by atoms with van der Waals surface area (Å²) in [5.74, 6) is 0. The molecule has 0 saturated heterocycles. The molecule has 0 radical (unpaired) electrons. The topological polar surface area (TPSA) is 23.8 Å². The first-order valence-corrected chi connectivity index (χ1v) is 7.65. The normalized spacial score (nSPS) is 10.1. The Bertz CT molecular complexity index is 217. The summed E-state index contributed by atoms with van der Waals surface area (Å²) in [6, 6.07) is 2.03. The molecule has 0 rings (SSSR count). The molecule has 0 aliphatic carbocycles. The summed E-state index contributed by atoms with van der Waals surface area (Å²) in [5.41, 5.74) is 0. The first-order chi connectivity index (χ1) is 8.31. The molecule has 0 aromatic carbocycles. The highest BCUT2D eigenvalue weighted by atomic mass is 32.1. The van der Waals surface area contributed by atoms with E-state index < -0.39 is 0 Å². The van der Waals surface area contributed by atoms with Gasteiger partial charge < -0.3 is 0 Å². The van der Waals surface area contributed by atoms with E-state index in [1.807, 2.05) is 6.07 Å². The zero-order valence-electron chi connectivity index (χ0n) is 11.3. The Morgan fingerprint density at radius 3 is 1.65 bits per heavy atom. The molecule has 2 heteroatoms. The van der Waals surface area contributed by atoms with Gasteiger partial charge in [-0.25, -0.2) is 0 Å². The van der Waals surface area contributed by atoms with Crippen LogP contribution in [0.4, 0.5) is 0 Å². The Labute approximate surface area is 113 Å². The van der Waals surface area contributed by atoms with Crippen LogP contribution in [-0.2, 0) is 0 Å². The maximum absolute atomic E-state index is 8.50. The van der Waals surface area contributed by atoms with E-state index in [2.05, 4.69) is 6.92 Å². The Morgan fingerprint density at radius 1 is 0.824 bits per heavy atom. The van der Waals surface area contributed by atoms with Crippen LogP contribution in [0.2, 0.25) is 0 Å². The van der Waals surface area contributed by atoms with E-state index in [0.717, 1.165) is 12.8 Å². The highest BCUT2D eigenvalue weighted by Crippen LogP contribution is 2.11. The molecule has 0 unspecified atom stereocenters. The molecule has 0 aliphatic heterocycles. The van der Waals surface area contributed by atoms with Crippen LogP contribution in [0.1, 0.15) is 84.0 Å². The Morgan fingerprint density at radius 2 is 1.24 bits per heavy atom. The average molecular weight is 253 g/mol. The van der Waals surface area contributed by atoms with Crippen LogP contribution in [0.5, 0.6) is 0 Å². The third-order valence-corrected chi connectivity index (χ3v) is 3.43. The minimum absolute atomic E-state index is 0.570. The largest absolute Gasteiger partial charge is 0.192 e. The number of unbranched alkanes of at least 4 members (excludes halogenated alkanes) is 10. The van der Waals surface area contributed by atoms with Crippen molar-refractivity contribution < 1.29 is 0 Å². The molecule has 0 fully saturated rings. The quantitative estimate of drug-likeness (QED) is 0.335. The summed E-state index contributed by atoms with van der Waals surface area (Å²) in [7, 11) is 0. The first-order valence-electron chi connectivity index (χ1n) is 7.24. The van der Waals surface area contributed by atoms with Crippen molar-refractivity contribution in [1.29, 1.82) is 5.26 Å². The van der Waals surface area contributed by atoms with Crippen LogP contribution >= 0.6 is 12.2 Å². The molecule has 0 spiro atoms. The molecular weight excluding hydrogens is 226 g/mol. The highest BCUT2D eigenvalue weighted by molar-refractivity contribution is 7.80. The zero-order chi connectivity index (χ0) is 12.8. The third-order valence-electron chi connectivity index (χ3n) is 3.13. The number of hydrogen-bond donors (Lipinski definition) is 0. The molecular formula is C15H27NS. The van der Waals surface area contributed by atoms with Crippen LogP contribution < -0.4 is 0 Å². The summed E-state index contributed by atoms with van der Waals surface area (Å²) in [4.78, 5) is 0.570. The fraction of sp³-hybridized carbons (Fsp3) is 0.867. The first kappa shape index (κ1) is 16.6. The van der Waals surface area contributed by atoms with E-state index in [9.17, 15) is 0 Å². The lowest BCUT2D eigenvalue weighted by molar-refractivity contribution is 0.552. The molecule has 0 amide bonds. The second-order valence-corrected chi connectivity index (χ2v) is 5.31. The van der Waals surface area contributed by atoms with E-state index in [-0.39, 0.29) is 0 Å². The van der Waals surface area contributed by atoms with Gasteiger partial charge in [-0.1, -0.05) is 83.3 Å². The van der Waals surface area contributed by atoms with Gasteiger partial charge in [0.1, 0.15) is 6.07 Å². The molecule has 1 nitrogen and oxygen atoms in total. The van der Waals surface area contributed by atoms with Gasteiger partial charge in [-0.3, -0.25) is 0 Å². The maximum Gasteiger partial charge on any atom is 0.106 e. The minimum atomic E-state index is 0.570. The molecule has 0 heterocycles. The molecule has 0 saturated carbocycles. The summed E-state index contributed by atoms with van der Waals surface area (Å²) in [5, 5.41) is 8.50. The van der Waals surface area contributed by atoms with Gasteiger partial charge in [0.2, 0.25) is 0 Å². The van der Waals surface area contributed by atoms with E-state index in [1.165, 1.54) is 64.2 Å². The van der Waals surface area contributed by atoms with Crippen molar-refractivity contribution in [3.05, 3.63) is 0 Å². The van der Waals surface area contributed by atoms with Crippen LogP contribution in [0.15, 0.2) is 0 Å². The summed E-state index contributed by atoms with van der Waals surface area (Å²) >= 11 is 4.86. The Balaban J connectivity index is 2.99. The van der Waals surface area contributed by atoms with E-state index >= 15 is 0 Å². The van der Waals surface area contributed by atoms with E-state index in [1.54, 1.807) is 0 Å². The van der Waals surface area contributed by atoms with Gasteiger partial charge in [0, 0.05) is 0 Å². The third kappa shape index (κ3) is 13.5. The van der Waals surface area contributed by atoms with Crippen molar-refractivity contribution in [1.82, 2.24) is 0 Å². The van der Waals surface area contributed by atoms with Gasteiger partial charge in [0.05, 0.1) is 4.86 Å². The lowest BCUT2D eigenvalue weighted by Crippen LogP contribution is -1.89. The Kier molecular flexibility index (Phi) is 13.3. The molecule has 0 aromatic rings. The number of thiocarbonyl (C=S) groups is 1. The second kappa shape index (κ2) is 13.6. The summed E-state index contributed by atoms with van der Waals surface area (Å²) in [6.45, 7) is 2.26. The predicted molar refractivity (Wildman–Crippen MR) is 79.3 cm³/mol. The van der Waals surface area contributed by atoms with Crippen LogP contribution in [-0.4, -0.2) is 4.86 Å². The van der Waals surface area contributed by atoms with Crippen molar-refractivity contribution >= 4 is 17.1 Å². The van der Waals surface area contributed by atoms with Crippen LogP contribution in [0.3, 0.4) is 0 Å². The smallest absolute Gasteiger partial charge is 0.106 e. The van der Waals surface area contributed by atoms with Crippen molar-refractivity contribution in [2.45, 2.75) is 84.0 Å². The van der Waals surface area contributed by atoms with Gasteiger partial charge in [-0.15, -0.1) is 0 Å². The standard InChI is InChI=1S/C15H27NS/c1-2-3-4-5-6-7-8-9-10-11-12-13-15(17)14-16/h2-13H2,1H3. The van der Waals surface area contributed by atoms with Crippen LogP contribution in [0, 0.1) is 11.3 Å². The van der Waals surface area contributed by atoms with Crippen molar-refractivity contribution in [2.75, 3.05) is 0 Å². The SMILES string of the molecule is CCCCCCCCCCCCCC(=S)C#N.